The van der Waals surface area contributed by atoms with Crippen LogP contribution in [0.25, 0.3) is 0 Å². The largest absolute Gasteiger partial charge is 0.391 e. The van der Waals surface area contributed by atoms with Crippen LogP contribution in [0.5, 0.6) is 0 Å². The molecule has 4 heterocycles. The Morgan fingerprint density at radius 1 is 1.32 bits per heavy atom. The van der Waals surface area contributed by atoms with Crippen molar-refractivity contribution in [2.45, 2.75) is 32.0 Å². The van der Waals surface area contributed by atoms with Crippen molar-refractivity contribution >= 4 is 45.1 Å². The highest BCUT2D eigenvalue weighted by atomic mass is 79.9. The number of urea groups is 1. The Balaban J connectivity index is 1.63. The lowest BCUT2D eigenvalue weighted by molar-refractivity contribution is -0.168. The number of nitrogens with one attached hydrogen (secondary N) is 1. The fourth-order valence-corrected chi connectivity index (χ4v) is 4.10. The molecule has 0 aliphatic carbocycles. The second kappa shape index (κ2) is 8.10. The van der Waals surface area contributed by atoms with E-state index in [9.17, 15) is 22.8 Å². The molecule has 31 heavy (non-hydrogen) atoms. The standard InChI is InChI=1S/C20H19BrF3N5O2/c1-11(20(22,23)24)8-16(30)14-2-3-15-18(26-14)29(13-5-7-28(15)10-13)19(31)27-17-9-12(21)4-6-25-17/h2-4,6,9,11,13H,5,7-8,10H2,1H3,(H,25,27,31)/t11-,13-/m0/s1. The van der Waals surface area contributed by atoms with Gasteiger partial charge in [0.1, 0.15) is 11.5 Å². The van der Waals surface area contributed by atoms with Gasteiger partial charge < -0.3 is 4.90 Å². The lowest BCUT2D eigenvalue weighted by Gasteiger charge is -2.35. The van der Waals surface area contributed by atoms with Crippen LogP contribution in [0.1, 0.15) is 30.3 Å². The number of pyridine rings is 2. The summed E-state index contributed by atoms with van der Waals surface area (Å²) in [6.07, 6.45) is -2.91. The van der Waals surface area contributed by atoms with Crippen LogP contribution in [-0.4, -0.2) is 47.1 Å². The lowest BCUT2D eigenvalue weighted by atomic mass is 10.0. The van der Waals surface area contributed by atoms with E-state index < -0.39 is 30.3 Å². The van der Waals surface area contributed by atoms with Crippen LogP contribution in [-0.2, 0) is 0 Å². The van der Waals surface area contributed by atoms with Gasteiger partial charge in [0.15, 0.2) is 11.6 Å². The third-order valence-electron chi connectivity index (χ3n) is 5.46. The van der Waals surface area contributed by atoms with Gasteiger partial charge >= 0.3 is 12.2 Å². The number of carbonyl (C=O) groups is 2. The average Bonchev–Trinajstić information content (AvgIpc) is 3.11. The summed E-state index contributed by atoms with van der Waals surface area (Å²) in [5, 5.41) is 2.73. The topological polar surface area (TPSA) is 78.4 Å². The summed E-state index contributed by atoms with van der Waals surface area (Å²) >= 11 is 3.32. The number of hydrogen-bond donors (Lipinski definition) is 1. The van der Waals surface area contributed by atoms with E-state index in [0.717, 1.165) is 17.9 Å². The fourth-order valence-electron chi connectivity index (χ4n) is 3.77. The highest BCUT2D eigenvalue weighted by molar-refractivity contribution is 9.10. The van der Waals surface area contributed by atoms with E-state index in [1.54, 1.807) is 18.2 Å². The van der Waals surface area contributed by atoms with E-state index in [4.69, 9.17) is 0 Å². The molecule has 2 atom stereocenters. The van der Waals surface area contributed by atoms with Crippen LogP contribution in [0.3, 0.4) is 0 Å². The Morgan fingerprint density at radius 3 is 2.81 bits per heavy atom. The molecule has 0 spiro atoms. The zero-order valence-corrected chi connectivity index (χ0v) is 18.1. The normalized spacial score (nSPS) is 18.5. The maximum Gasteiger partial charge on any atom is 0.391 e. The Kier molecular flexibility index (Phi) is 5.63. The molecule has 0 aromatic carbocycles. The monoisotopic (exact) mass is 497 g/mol. The molecule has 2 bridgehead atoms. The minimum Gasteiger partial charge on any atom is -0.366 e. The molecule has 0 saturated carbocycles. The van der Waals surface area contributed by atoms with Crippen LogP contribution >= 0.6 is 15.9 Å². The first-order valence-electron chi connectivity index (χ1n) is 9.71. The molecule has 2 aliphatic heterocycles. The number of anilines is 3. The summed E-state index contributed by atoms with van der Waals surface area (Å²) in [6, 6.07) is 5.82. The van der Waals surface area contributed by atoms with Crippen molar-refractivity contribution < 1.29 is 22.8 Å². The summed E-state index contributed by atoms with van der Waals surface area (Å²) in [5.41, 5.74) is 0.585. The highest BCUT2D eigenvalue weighted by Gasteiger charge is 2.41. The van der Waals surface area contributed by atoms with Gasteiger partial charge in [-0.3, -0.25) is 15.0 Å². The summed E-state index contributed by atoms with van der Waals surface area (Å²) in [4.78, 5) is 37.5. The number of amides is 2. The van der Waals surface area contributed by atoms with Gasteiger partial charge in [-0.2, -0.15) is 13.2 Å². The van der Waals surface area contributed by atoms with Crippen molar-refractivity contribution in [1.29, 1.82) is 0 Å². The number of nitrogens with zero attached hydrogens (tertiary/aromatic N) is 4. The molecule has 2 aromatic heterocycles. The molecular weight excluding hydrogens is 479 g/mol. The third kappa shape index (κ3) is 4.36. The Hall–Kier alpha value is -2.69. The summed E-state index contributed by atoms with van der Waals surface area (Å²) in [7, 11) is 0. The number of Topliss-reactive ketones (excluding diaryl/α,β-unsaturated/α-hetero) is 1. The zero-order valence-electron chi connectivity index (χ0n) is 16.5. The number of hydrogen-bond acceptors (Lipinski definition) is 5. The van der Waals surface area contributed by atoms with Crippen LogP contribution in [0.4, 0.5) is 35.3 Å². The Bertz CT molecular complexity index is 1030. The number of ketones is 1. The first-order valence-corrected chi connectivity index (χ1v) is 10.5. The quantitative estimate of drug-likeness (QED) is 0.622. The molecule has 2 aliphatic rings. The van der Waals surface area contributed by atoms with Gasteiger partial charge in [-0.25, -0.2) is 14.8 Å². The van der Waals surface area contributed by atoms with E-state index in [0.29, 0.717) is 24.5 Å². The SMILES string of the molecule is C[C@@H](CC(=O)c1ccc2c(n1)N(C(=O)Nc1cc(Br)ccn1)[C@H]1CCN2C1)C(F)(F)F. The molecule has 7 nitrogen and oxygen atoms in total. The zero-order chi connectivity index (χ0) is 22.3. The number of carbonyl (C=O) groups excluding carboxylic acids is 2. The molecule has 11 heteroatoms. The smallest absolute Gasteiger partial charge is 0.366 e. The van der Waals surface area contributed by atoms with Gasteiger partial charge in [0.2, 0.25) is 0 Å². The van der Waals surface area contributed by atoms with Crippen molar-refractivity contribution in [3.05, 3.63) is 40.6 Å². The van der Waals surface area contributed by atoms with Crippen LogP contribution in [0.15, 0.2) is 34.9 Å². The number of rotatable bonds is 4. The maximum atomic E-state index is 13.1. The molecule has 164 valence electrons. The van der Waals surface area contributed by atoms with E-state index >= 15 is 0 Å². The highest BCUT2D eigenvalue weighted by Crippen LogP contribution is 2.39. The predicted octanol–water partition coefficient (Wildman–Crippen LogP) is 4.64. The van der Waals surface area contributed by atoms with Gasteiger partial charge in [-0.15, -0.1) is 0 Å². The van der Waals surface area contributed by atoms with E-state index in [1.165, 1.54) is 17.2 Å². The molecule has 4 rings (SSSR count). The molecular formula is C20H19BrF3N5O2. The van der Waals surface area contributed by atoms with Gasteiger partial charge in [-0.05, 0) is 30.7 Å². The average molecular weight is 498 g/mol. The molecule has 0 radical (unpaired) electrons. The molecule has 2 aromatic rings. The van der Waals surface area contributed by atoms with E-state index in [-0.39, 0.29) is 17.6 Å². The minimum absolute atomic E-state index is 0.0873. The second-order valence-corrected chi connectivity index (χ2v) is 8.57. The Morgan fingerprint density at radius 2 is 2.10 bits per heavy atom. The Labute approximate surface area is 184 Å². The summed E-state index contributed by atoms with van der Waals surface area (Å²) < 4.78 is 39.3. The third-order valence-corrected chi connectivity index (χ3v) is 5.96. The van der Waals surface area contributed by atoms with Crippen LogP contribution < -0.4 is 15.1 Å². The number of aromatic nitrogens is 2. The minimum atomic E-state index is -4.46. The van der Waals surface area contributed by atoms with Gasteiger partial charge in [-0.1, -0.05) is 22.9 Å². The van der Waals surface area contributed by atoms with Crippen molar-refractivity contribution in [3.8, 4) is 0 Å². The lowest BCUT2D eigenvalue weighted by Crippen LogP contribution is -2.48. The second-order valence-electron chi connectivity index (χ2n) is 7.66. The first kappa shape index (κ1) is 21.5. The van der Waals surface area contributed by atoms with Crippen LogP contribution in [0.2, 0.25) is 0 Å². The van der Waals surface area contributed by atoms with E-state index in [1.807, 2.05) is 0 Å². The van der Waals surface area contributed by atoms with Gasteiger partial charge in [0, 0.05) is 30.2 Å². The number of alkyl halides is 3. The van der Waals surface area contributed by atoms with Crippen molar-refractivity contribution in [1.82, 2.24) is 9.97 Å². The molecule has 1 fully saturated rings. The van der Waals surface area contributed by atoms with Gasteiger partial charge in [0.05, 0.1) is 17.6 Å². The predicted molar refractivity (Wildman–Crippen MR) is 112 cm³/mol. The first-order chi connectivity index (χ1) is 14.6. The maximum absolute atomic E-state index is 13.1. The summed E-state index contributed by atoms with van der Waals surface area (Å²) in [5.74, 6) is -1.88. The van der Waals surface area contributed by atoms with Crippen LogP contribution in [0, 0.1) is 5.92 Å². The fraction of sp³-hybridized carbons (Fsp3) is 0.400. The van der Waals surface area contributed by atoms with Crippen molar-refractivity contribution in [2.75, 3.05) is 28.2 Å². The van der Waals surface area contributed by atoms with Gasteiger partial charge in [0.25, 0.3) is 0 Å². The molecule has 0 unspecified atom stereocenters. The van der Waals surface area contributed by atoms with E-state index in [2.05, 4.69) is 36.1 Å². The van der Waals surface area contributed by atoms with Crippen molar-refractivity contribution in [2.24, 2.45) is 5.92 Å². The molecule has 1 saturated heterocycles. The number of fused-ring (bicyclic) bond motifs is 4. The number of halogens is 4. The molecule has 2 amide bonds. The molecule has 1 N–H and O–H groups in total. The van der Waals surface area contributed by atoms with Crippen molar-refractivity contribution in [3.63, 3.8) is 0 Å². The summed E-state index contributed by atoms with van der Waals surface area (Å²) in [6.45, 7) is 2.30.